The molecular formula is C15H20F2N2OS. The Labute approximate surface area is 128 Å². The van der Waals surface area contributed by atoms with E-state index in [1.165, 1.54) is 18.2 Å². The lowest BCUT2D eigenvalue weighted by Gasteiger charge is -2.20. The summed E-state index contributed by atoms with van der Waals surface area (Å²) in [7, 11) is 0. The zero-order chi connectivity index (χ0) is 15.2. The van der Waals surface area contributed by atoms with E-state index >= 15 is 0 Å². The molecule has 1 aromatic rings. The van der Waals surface area contributed by atoms with Crippen molar-refractivity contribution in [2.75, 3.05) is 30.0 Å². The number of halogens is 2. The monoisotopic (exact) mass is 314 g/mol. The Balaban J connectivity index is 1.87. The number of hydrogen-bond donors (Lipinski definition) is 1. The molecule has 3 nitrogen and oxygen atoms in total. The third-order valence-corrected chi connectivity index (χ3v) is 4.26. The highest BCUT2D eigenvalue weighted by atomic mass is 32.2. The summed E-state index contributed by atoms with van der Waals surface area (Å²) in [6.45, 7) is 1.000. The normalized spacial score (nSPS) is 18.0. The van der Waals surface area contributed by atoms with Crippen molar-refractivity contribution in [2.45, 2.75) is 25.3 Å². The number of para-hydroxylation sites is 1. The van der Waals surface area contributed by atoms with Crippen LogP contribution in [0.15, 0.2) is 18.2 Å². The van der Waals surface area contributed by atoms with Gasteiger partial charge in [-0.25, -0.2) is 8.78 Å². The Morgan fingerprint density at radius 3 is 2.81 bits per heavy atom. The highest BCUT2D eigenvalue weighted by Crippen LogP contribution is 2.26. The van der Waals surface area contributed by atoms with Crippen LogP contribution in [0.2, 0.25) is 0 Å². The van der Waals surface area contributed by atoms with E-state index in [-0.39, 0.29) is 17.6 Å². The molecule has 6 heteroatoms. The van der Waals surface area contributed by atoms with Gasteiger partial charge < -0.3 is 10.2 Å². The second-order valence-corrected chi connectivity index (χ2v) is 6.15. The molecule has 1 saturated heterocycles. The maximum Gasteiger partial charge on any atom is 0.220 e. The van der Waals surface area contributed by atoms with Crippen LogP contribution in [0.5, 0.6) is 0 Å². The molecule has 1 aromatic carbocycles. The van der Waals surface area contributed by atoms with Crippen molar-refractivity contribution >= 4 is 23.4 Å². The first kappa shape index (κ1) is 16.1. The van der Waals surface area contributed by atoms with Crippen molar-refractivity contribution in [3.63, 3.8) is 0 Å². The van der Waals surface area contributed by atoms with Crippen molar-refractivity contribution in [3.05, 3.63) is 29.8 Å². The Kier molecular flexibility index (Phi) is 5.85. The second-order valence-electron chi connectivity index (χ2n) is 5.17. The molecule has 0 bridgehead atoms. The fourth-order valence-electron chi connectivity index (χ4n) is 2.55. The summed E-state index contributed by atoms with van der Waals surface area (Å²) >= 11 is 1.72. The van der Waals surface area contributed by atoms with Gasteiger partial charge in [0.25, 0.3) is 0 Å². The van der Waals surface area contributed by atoms with Crippen LogP contribution < -0.4 is 10.2 Å². The van der Waals surface area contributed by atoms with E-state index in [1.807, 2.05) is 6.26 Å². The second kappa shape index (κ2) is 7.64. The Morgan fingerprint density at radius 1 is 1.43 bits per heavy atom. The van der Waals surface area contributed by atoms with Crippen LogP contribution in [0.4, 0.5) is 14.5 Å². The Morgan fingerprint density at radius 2 is 2.14 bits per heavy atom. The first-order chi connectivity index (χ1) is 10.1. The number of hydrogen-bond acceptors (Lipinski definition) is 3. The molecule has 0 spiro atoms. The van der Waals surface area contributed by atoms with Crippen LogP contribution in [0.25, 0.3) is 0 Å². The van der Waals surface area contributed by atoms with Gasteiger partial charge in [-0.15, -0.1) is 0 Å². The largest absolute Gasteiger partial charge is 0.365 e. The number of carbonyl (C=O) groups excluding carboxylic acids is 1. The fourth-order valence-corrected chi connectivity index (χ4v) is 2.98. The van der Waals surface area contributed by atoms with Crippen LogP contribution in [0.3, 0.4) is 0 Å². The van der Waals surface area contributed by atoms with Gasteiger partial charge in [0.05, 0.1) is 0 Å². The van der Waals surface area contributed by atoms with Gasteiger partial charge in [0.15, 0.2) is 0 Å². The molecule has 0 radical (unpaired) electrons. The molecule has 1 fully saturated rings. The van der Waals surface area contributed by atoms with Gasteiger partial charge in [0.1, 0.15) is 17.3 Å². The summed E-state index contributed by atoms with van der Waals surface area (Å²) in [6.07, 6.45) is 4.08. The summed E-state index contributed by atoms with van der Waals surface area (Å²) < 4.78 is 27.5. The SMILES string of the molecule is CSCCCC(=O)NC1CCN(c2c(F)cccc2F)C1. The summed E-state index contributed by atoms with van der Waals surface area (Å²) in [4.78, 5) is 13.4. The molecule has 1 unspecified atom stereocenters. The molecule has 0 aromatic heterocycles. The Hall–Kier alpha value is -1.30. The number of rotatable bonds is 6. The van der Waals surface area contributed by atoms with Crippen molar-refractivity contribution in [1.29, 1.82) is 0 Å². The minimum absolute atomic E-state index is 0.0108. The van der Waals surface area contributed by atoms with Gasteiger partial charge in [0.2, 0.25) is 5.91 Å². The van der Waals surface area contributed by atoms with Crippen LogP contribution in [0.1, 0.15) is 19.3 Å². The number of anilines is 1. The van der Waals surface area contributed by atoms with Gasteiger partial charge >= 0.3 is 0 Å². The molecule has 116 valence electrons. The molecule has 21 heavy (non-hydrogen) atoms. The van der Waals surface area contributed by atoms with Crippen LogP contribution in [0, 0.1) is 11.6 Å². The molecule has 1 aliphatic heterocycles. The van der Waals surface area contributed by atoms with Crippen molar-refractivity contribution in [3.8, 4) is 0 Å². The molecule has 1 amide bonds. The minimum atomic E-state index is -0.554. The van der Waals surface area contributed by atoms with Crippen molar-refractivity contribution < 1.29 is 13.6 Å². The van der Waals surface area contributed by atoms with E-state index in [0.29, 0.717) is 25.9 Å². The van der Waals surface area contributed by atoms with Crippen LogP contribution in [-0.2, 0) is 4.79 Å². The van der Waals surface area contributed by atoms with Gasteiger partial charge in [0, 0.05) is 25.6 Å². The third kappa shape index (κ3) is 4.33. The van der Waals surface area contributed by atoms with E-state index in [0.717, 1.165) is 12.2 Å². The molecule has 0 saturated carbocycles. The number of amides is 1. The topological polar surface area (TPSA) is 32.3 Å². The first-order valence-electron chi connectivity index (χ1n) is 7.09. The molecule has 0 aliphatic carbocycles. The quantitative estimate of drug-likeness (QED) is 0.820. The van der Waals surface area contributed by atoms with E-state index in [2.05, 4.69) is 5.32 Å². The number of carbonyl (C=O) groups is 1. The van der Waals surface area contributed by atoms with E-state index < -0.39 is 11.6 Å². The summed E-state index contributed by atoms with van der Waals surface area (Å²) in [5, 5.41) is 2.94. The van der Waals surface area contributed by atoms with Gasteiger partial charge in [-0.3, -0.25) is 4.79 Å². The molecule has 1 atom stereocenters. The number of benzene rings is 1. The van der Waals surface area contributed by atoms with Gasteiger partial charge in [-0.2, -0.15) is 11.8 Å². The van der Waals surface area contributed by atoms with Gasteiger partial charge in [-0.1, -0.05) is 6.07 Å². The third-order valence-electron chi connectivity index (χ3n) is 3.56. The zero-order valence-corrected chi connectivity index (χ0v) is 12.9. The zero-order valence-electron chi connectivity index (χ0n) is 12.1. The highest BCUT2D eigenvalue weighted by molar-refractivity contribution is 7.98. The van der Waals surface area contributed by atoms with E-state index in [1.54, 1.807) is 16.7 Å². The smallest absolute Gasteiger partial charge is 0.220 e. The number of nitrogens with one attached hydrogen (secondary N) is 1. The predicted octanol–water partition coefficient (Wildman–Crippen LogP) is 2.80. The maximum absolute atomic E-state index is 13.7. The summed E-state index contributed by atoms with van der Waals surface area (Å²) in [5.74, 6) is -0.126. The lowest BCUT2D eigenvalue weighted by atomic mass is 10.2. The molecule has 1 aliphatic rings. The standard InChI is InChI=1S/C15H20F2N2OS/c1-21-9-3-6-14(20)18-11-7-8-19(10-11)15-12(16)4-2-5-13(15)17/h2,4-5,11H,3,6-10H2,1H3,(H,18,20). The minimum Gasteiger partial charge on any atom is -0.365 e. The molecule has 1 N–H and O–H groups in total. The number of nitrogens with zero attached hydrogens (tertiary/aromatic N) is 1. The summed E-state index contributed by atoms with van der Waals surface area (Å²) in [6, 6.07) is 3.83. The average molecular weight is 314 g/mol. The van der Waals surface area contributed by atoms with Crippen molar-refractivity contribution in [1.82, 2.24) is 5.32 Å². The maximum atomic E-state index is 13.7. The Bertz CT molecular complexity index is 478. The number of thioether (sulfide) groups is 1. The highest BCUT2D eigenvalue weighted by Gasteiger charge is 2.27. The average Bonchev–Trinajstić information content (AvgIpc) is 2.87. The van der Waals surface area contributed by atoms with Crippen molar-refractivity contribution in [2.24, 2.45) is 0 Å². The first-order valence-corrected chi connectivity index (χ1v) is 8.48. The predicted molar refractivity (Wildman–Crippen MR) is 82.7 cm³/mol. The lowest BCUT2D eigenvalue weighted by molar-refractivity contribution is -0.121. The van der Waals surface area contributed by atoms with Gasteiger partial charge in [-0.05, 0) is 37.0 Å². The molecule has 1 heterocycles. The molecular weight excluding hydrogens is 294 g/mol. The summed E-state index contributed by atoms with van der Waals surface area (Å²) in [5.41, 5.74) is 0.0108. The fraction of sp³-hybridized carbons (Fsp3) is 0.533. The lowest BCUT2D eigenvalue weighted by Crippen LogP contribution is -2.37. The molecule has 2 rings (SSSR count). The van der Waals surface area contributed by atoms with E-state index in [9.17, 15) is 13.6 Å². The van der Waals surface area contributed by atoms with Crippen LogP contribution >= 0.6 is 11.8 Å². The van der Waals surface area contributed by atoms with Crippen LogP contribution in [-0.4, -0.2) is 37.0 Å². The van der Waals surface area contributed by atoms with E-state index in [4.69, 9.17) is 0 Å².